The Morgan fingerprint density at radius 1 is 1.27 bits per heavy atom. The molecule has 33 heavy (non-hydrogen) atoms. The van der Waals surface area contributed by atoms with E-state index in [1.807, 2.05) is 0 Å². The smallest absolute Gasteiger partial charge is 0.343 e. The highest BCUT2D eigenvalue weighted by Crippen LogP contribution is 2.47. The number of rotatable bonds is 5. The van der Waals surface area contributed by atoms with Crippen LogP contribution in [-0.2, 0) is 11.8 Å². The zero-order valence-corrected chi connectivity index (χ0v) is 19.0. The lowest BCUT2D eigenvalue weighted by molar-refractivity contribution is 0.0523. The summed E-state index contributed by atoms with van der Waals surface area (Å²) >= 11 is 1.08. The summed E-state index contributed by atoms with van der Waals surface area (Å²) in [7, 11) is 2.80. The van der Waals surface area contributed by atoms with Crippen molar-refractivity contribution in [3.63, 3.8) is 0 Å². The van der Waals surface area contributed by atoms with Gasteiger partial charge in [0, 0.05) is 23.1 Å². The van der Waals surface area contributed by atoms with Crippen molar-refractivity contribution >= 4 is 28.3 Å². The van der Waals surface area contributed by atoms with E-state index in [1.54, 1.807) is 19.9 Å². The number of halogens is 1. The summed E-state index contributed by atoms with van der Waals surface area (Å²) in [6.45, 7) is 3.41. The van der Waals surface area contributed by atoms with Gasteiger partial charge in [0.1, 0.15) is 17.0 Å². The van der Waals surface area contributed by atoms with Gasteiger partial charge in [0.15, 0.2) is 11.6 Å². The number of aromatic amines is 2. The van der Waals surface area contributed by atoms with Gasteiger partial charge in [-0.05, 0) is 32.0 Å². The molecule has 0 bridgehead atoms. The Kier molecular flexibility index (Phi) is 5.58. The highest BCUT2D eigenvalue weighted by molar-refractivity contribution is 7.16. The first-order valence-electron chi connectivity index (χ1n) is 9.88. The average molecular weight is 473 g/mol. The van der Waals surface area contributed by atoms with E-state index in [4.69, 9.17) is 9.47 Å². The first kappa shape index (κ1) is 22.3. The SMILES string of the molecule is CCOC(=O)c1c(C)sc(-c2c(-c3ccc(OC)c(F)c3)[nH]c3c2c(=O)[nH]c(=O)n3C)c1O. The van der Waals surface area contributed by atoms with Crippen LogP contribution in [0.3, 0.4) is 0 Å². The maximum Gasteiger partial charge on any atom is 0.343 e. The van der Waals surface area contributed by atoms with Crippen molar-refractivity contribution in [3.8, 4) is 33.2 Å². The van der Waals surface area contributed by atoms with E-state index >= 15 is 0 Å². The predicted molar refractivity (Wildman–Crippen MR) is 122 cm³/mol. The van der Waals surface area contributed by atoms with Crippen LogP contribution in [0.5, 0.6) is 11.5 Å². The summed E-state index contributed by atoms with van der Waals surface area (Å²) in [5.74, 6) is -1.67. The number of aryl methyl sites for hydroxylation is 2. The molecule has 0 amide bonds. The summed E-state index contributed by atoms with van der Waals surface area (Å²) in [5, 5.41) is 11.1. The molecule has 4 aromatic rings. The van der Waals surface area contributed by atoms with Crippen LogP contribution < -0.4 is 16.0 Å². The summed E-state index contributed by atoms with van der Waals surface area (Å²) in [6, 6.07) is 4.21. The Morgan fingerprint density at radius 2 is 2.00 bits per heavy atom. The van der Waals surface area contributed by atoms with Crippen molar-refractivity contribution in [1.82, 2.24) is 14.5 Å². The molecule has 3 N–H and O–H groups in total. The van der Waals surface area contributed by atoms with Gasteiger partial charge in [-0.2, -0.15) is 0 Å². The molecule has 0 spiro atoms. The van der Waals surface area contributed by atoms with Crippen LogP contribution in [0.2, 0.25) is 0 Å². The van der Waals surface area contributed by atoms with E-state index in [9.17, 15) is 23.9 Å². The zero-order chi connectivity index (χ0) is 24.0. The lowest BCUT2D eigenvalue weighted by Gasteiger charge is -2.07. The van der Waals surface area contributed by atoms with Gasteiger partial charge in [0.25, 0.3) is 5.56 Å². The van der Waals surface area contributed by atoms with Crippen molar-refractivity contribution < 1.29 is 23.8 Å². The molecule has 0 fully saturated rings. The van der Waals surface area contributed by atoms with Crippen molar-refractivity contribution in [2.75, 3.05) is 13.7 Å². The Morgan fingerprint density at radius 3 is 2.64 bits per heavy atom. The van der Waals surface area contributed by atoms with Gasteiger partial charge in [-0.1, -0.05) is 0 Å². The van der Waals surface area contributed by atoms with Crippen LogP contribution in [0.1, 0.15) is 22.2 Å². The number of carbonyl (C=O) groups excluding carboxylic acids is 1. The second-order valence-corrected chi connectivity index (χ2v) is 8.42. The molecule has 0 aliphatic heterocycles. The maximum atomic E-state index is 14.5. The van der Waals surface area contributed by atoms with Gasteiger partial charge >= 0.3 is 11.7 Å². The number of H-pyrrole nitrogens is 2. The molecular weight excluding hydrogens is 453 g/mol. The number of fused-ring (bicyclic) bond motifs is 1. The van der Waals surface area contributed by atoms with Crippen LogP contribution in [0.15, 0.2) is 27.8 Å². The van der Waals surface area contributed by atoms with Crippen LogP contribution in [0, 0.1) is 12.7 Å². The Labute approximate surface area is 190 Å². The Hall–Kier alpha value is -3.86. The summed E-state index contributed by atoms with van der Waals surface area (Å²) in [6.07, 6.45) is 0. The first-order chi connectivity index (χ1) is 15.7. The molecule has 3 heterocycles. The molecule has 3 aromatic heterocycles. The van der Waals surface area contributed by atoms with Crippen molar-refractivity contribution in [1.29, 1.82) is 0 Å². The van der Waals surface area contributed by atoms with E-state index < -0.39 is 23.0 Å². The third-order valence-corrected chi connectivity index (χ3v) is 6.39. The molecule has 172 valence electrons. The van der Waals surface area contributed by atoms with E-state index in [2.05, 4.69) is 9.97 Å². The van der Waals surface area contributed by atoms with Crippen molar-refractivity contribution in [2.45, 2.75) is 13.8 Å². The molecule has 0 aliphatic carbocycles. The topological polar surface area (TPSA) is 126 Å². The van der Waals surface area contributed by atoms with Gasteiger partial charge in [-0.25, -0.2) is 14.0 Å². The second kappa shape index (κ2) is 8.24. The monoisotopic (exact) mass is 473 g/mol. The number of aromatic hydroxyl groups is 1. The highest BCUT2D eigenvalue weighted by atomic mass is 32.1. The molecule has 11 heteroatoms. The van der Waals surface area contributed by atoms with Gasteiger partial charge < -0.3 is 19.6 Å². The molecule has 0 saturated heterocycles. The average Bonchev–Trinajstić information content (AvgIpc) is 3.30. The molecular formula is C22H20FN3O6S. The lowest BCUT2D eigenvalue weighted by Crippen LogP contribution is -2.28. The number of hydrogen-bond donors (Lipinski definition) is 3. The molecule has 0 radical (unpaired) electrons. The largest absolute Gasteiger partial charge is 0.505 e. The number of carbonyl (C=O) groups is 1. The van der Waals surface area contributed by atoms with E-state index in [1.165, 1.54) is 30.9 Å². The van der Waals surface area contributed by atoms with Gasteiger partial charge in [-0.3, -0.25) is 14.3 Å². The highest BCUT2D eigenvalue weighted by Gasteiger charge is 2.29. The second-order valence-electron chi connectivity index (χ2n) is 7.20. The van der Waals surface area contributed by atoms with E-state index in [0.29, 0.717) is 10.4 Å². The Bertz CT molecular complexity index is 1530. The number of nitrogens with one attached hydrogen (secondary N) is 2. The summed E-state index contributed by atoms with van der Waals surface area (Å²) in [4.78, 5) is 43.4. The number of hydrogen-bond acceptors (Lipinski definition) is 7. The minimum Gasteiger partial charge on any atom is -0.505 e. The first-order valence-corrected chi connectivity index (χ1v) is 10.7. The predicted octanol–water partition coefficient (Wildman–Crippen LogP) is 3.29. The molecule has 0 aliphatic rings. The number of ether oxygens (including phenoxy) is 2. The number of methoxy groups -OCH3 is 1. The van der Waals surface area contributed by atoms with Crippen LogP contribution >= 0.6 is 11.3 Å². The van der Waals surface area contributed by atoms with Crippen LogP contribution in [0.25, 0.3) is 32.7 Å². The minimum absolute atomic E-state index is 0.0145. The van der Waals surface area contributed by atoms with E-state index in [-0.39, 0.29) is 50.8 Å². The third-order valence-electron chi connectivity index (χ3n) is 5.27. The van der Waals surface area contributed by atoms with Gasteiger partial charge in [0.2, 0.25) is 0 Å². The number of esters is 1. The molecule has 4 rings (SSSR count). The Balaban J connectivity index is 2.11. The minimum atomic E-state index is -0.701. The normalized spacial score (nSPS) is 11.2. The fourth-order valence-electron chi connectivity index (χ4n) is 3.72. The standard InChI is InChI=1S/C22H20FN3O6S/c1-5-32-21(29)13-9(2)33-18(17(13)27)14-15-19(26(3)22(30)25-20(15)28)24-16(14)10-6-7-12(31-4)11(23)8-10/h6-8,24,27H,5H2,1-4H3,(H,25,28,30). The zero-order valence-electron chi connectivity index (χ0n) is 18.2. The van der Waals surface area contributed by atoms with Crippen molar-refractivity contribution in [3.05, 3.63) is 55.3 Å². The van der Waals surface area contributed by atoms with E-state index in [0.717, 1.165) is 11.3 Å². The maximum absolute atomic E-state index is 14.5. The summed E-state index contributed by atoms with van der Waals surface area (Å²) in [5.41, 5.74) is -0.325. The van der Waals surface area contributed by atoms with Gasteiger partial charge in [-0.15, -0.1) is 11.3 Å². The van der Waals surface area contributed by atoms with Crippen LogP contribution in [0.4, 0.5) is 4.39 Å². The lowest BCUT2D eigenvalue weighted by atomic mass is 10.0. The molecule has 1 aromatic carbocycles. The molecule has 0 saturated carbocycles. The van der Waals surface area contributed by atoms with Gasteiger partial charge in [0.05, 0.1) is 29.7 Å². The third kappa shape index (κ3) is 3.50. The number of nitrogens with zero attached hydrogens (tertiary/aromatic N) is 1. The van der Waals surface area contributed by atoms with Crippen LogP contribution in [-0.4, -0.2) is 39.3 Å². The fraction of sp³-hybridized carbons (Fsp3) is 0.227. The molecule has 0 unspecified atom stereocenters. The molecule has 0 atom stereocenters. The fourth-order valence-corrected chi connectivity index (χ4v) is 4.81. The van der Waals surface area contributed by atoms with Crippen molar-refractivity contribution in [2.24, 2.45) is 7.05 Å². The number of aromatic nitrogens is 3. The quantitative estimate of drug-likeness (QED) is 0.382. The molecule has 9 nitrogen and oxygen atoms in total. The number of thiophene rings is 1. The summed E-state index contributed by atoms with van der Waals surface area (Å²) < 4.78 is 25.7. The number of benzene rings is 1.